The number of nitrogens with one attached hydrogen (secondary N) is 1. The molecule has 0 aromatic rings. The minimum atomic E-state index is 0.279. The van der Waals surface area contributed by atoms with Crippen LogP contribution in [0.15, 0.2) is 0 Å². The maximum atomic E-state index is 11.2. The molecule has 2 aliphatic rings. The molecule has 0 aromatic heterocycles. The van der Waals surface area contributed by atoms with Crippen LogP contribution in [0.1, 0.15) is 19.8 Å². The molecule has 1 N–H and O–H groups in total. The zero-order valence-electron chi connectivity index (χ0n) is 8.42. The lowest BCUT2D eigenvalue weighted by atomic mass is 10.2. The van der Waals surface area contributed by atoms with Crippen molar-refractivity contribution in [2.45, 2.75) is 25.8 Å². The van der Waals surface area contributed by atoms with Gasteiger partial charge in [-0.2, -0.15) is 0 Å². The van der Waals surface area contributed by atoms with Gasteiger partial charge in [-0.15, -0.1) is 0 Å². The first kappa shape index (κ1) is 9.00. The standard InChI is InChI=1S/C10H18N2O/c1-7-3-8(7)5-11-9-4-10(13)12(2)6-9/h7-9,11H,3-6H2,1-2H3. The number of nitrogens with zero attached hydrogens (tertiary/aromatic N) is 1. The highest BCUT2D eigenvalue weighted by atomic mass is 16.2. The van der Waals surface area contributed by atoms with Gasteiger partial charge in [-0.1, -0.05) is 6.92 Å². The Kier molecular flexibility index (Phi) is 2.28. The number of carbonyl (C=O) groups excluding carboxylic acids is 1. The zero-order valence-corrected chi connectivity index (χ0v) is 8.42. The molecule has 2 fully saturated rings. The SMILES string of the molecule is CC1CC1CNC1CC(=O)N(C)C1. The van der Waals surface area contributed by atoms with Crippen molar-refractivity contribution in [3.63, 3.8) is 0 Å². The van der Waals surface area contributed by atoms with Crippen LogP contribution in [0.5, 0.6) is 0 Å². The third-order valence-electron chi connectivity index (χ3n) is 3.29. The lowest BCUT2D eigenvalue weighted by Gasteiger charge is -2.11. The Bertz CT molecular complexity index is 217. The normalized spacial score (nSPS) is 38.5. The number of hydrogen-bond acceptors (Lipinski definition) is 2. The Hall–Kier alpha value is -0.570. The van der Waals surface area contributed by atoms with Gasteiger partial charge in [0, 0.05) is 26.1 Å². The lowest BCUT2D eigenvalue weighted by molar-refractivity contribution is -0.126. The summed E-state index contributed by atoms with van der Waals surface area (Å²) in [6.45, 7) is 4.28. The summed E-state index contributed by atoms with van der Waals surface area (Å²) in [5.74, 6) is 2.06. The summed E-state index contributed by atoms with van der Waals surface area (Å²) in [6, 6.07) is 0.408. The van der Waals surface area contributed by atoms with Crippen LogP contribution in [0.2, 0.25) is 0 Å². The second-order valence-electron chi connectivity index (χ2n) is 4.56. The van der Waals surface area contributed by atoms with E-state index in [-0.39, 0.29) is 5.91 Å². The molecule has 3 nitrogen and oxygen atoms in total. The number of amides is 1. The molecule has 1 aliphatic heterocycles. The van der Waals surface area contributed by atoms with E-state index < -0.39 is 0 Å². The number of rotatable bonds is 3. The molecule has 74 valence electrons. The monoisotopic (exact) mass is 182 g/mol. The van der Waals surface area contributed by atoms with Crippen molar-refractivity contribution >= 4 is 5.91 Å². The van der Waals surface area contributed by atoms with Crippen LogP contribution in [0.4, 0.5) is 0 Å². The molecule has 1 amide bonds. The molecule has 1 saturated carbocycles. The molecular weight excluding hydrogens is 164 g/mol. The van der Waals surface area contributed by atoms with Crippen molar-refractivity contribution in [2.24, 2.45) is 11.8 Å². The van der Waals surface area contributed by atoms with Crippen molar-refractivity contribution in [1.29, 1.82) is 0 Å². The van der Waals surface area contributed by atoms with Gasteiger partial charge in [0.05, 0.1) is 0 Å². The molecule has 0 bridgehead atoms. The van der Waals surface area contributed by atoms with Crippen LogP contribution in [-0.4, -0.2) is 37.0 Å². The van der Waals surface area contributed by atoms with Gasteiger partial charge in [0.1, 0.15) is 0 Å². The fraction of sp³-hybridized carbons (Fsp3) is 0.900. The first-order valence-electron chi connectivity index (χ1n) is 5.14. The largest absolute Gasteiger partial charge is 0.344 e. The number of carbonyl (C=O) groups is 1. The second-order valence-corrected chi connectivity index (χ2v) is 4.56. The molecule has 0 aromatic carbocycles. The minimum absolute atomic E-state index is 0.279. The Balaban J connectivity index is 1.68. The number of likely N-dealkylation sites (N-methyl/N-ethyl adjacent to an activating group) is 1. The quantitative estimate of drug-likeness (QED) is 0.688. The Morgan fingerprint density at radius 2 is 2.31 bits per heavy atom. The summed E-state index contributed by atoms with van der Waals surface area (Å²) < 4.78 is 0. The van der Waals surface area contributed by atoms with Crippen molar-refractivity contribution in [1.82, 2.24) is 10.2 Å². The average molecular weight is 182 g/mol. The smallest absolute Gasteiger partial charge is 0.224 e. The molecule has 2 rings (SSSR count). The lowest BCUT2D eigenvalue weighted by Crippen LogP contribution is -2.33. The van der Waals surface area contributed by atoms with Crippen molar-refractivity contribution in [3.8, 4) is 0 Å². The number of likely N-dealkylation sites (tertiary alicyclic amines) is 1. The highest BCUT2D eigenvalue weighted by Crippen LogP contribution is 2.36. The zero-order chi connectivity index (χ0) is 9.42. The predicted octanol–water partition coefficient (Wildman–Crippen LogP) is 0.463. The van der Waals surface area contributed by atoms with Crippen LogP contribution >= 0.6 is 0 Å². The minimum Gasteiger partial charge on any atom is -0.344 e. The molecule has 0 radical (unpaired) electrons. The molecule has 3 heteroatoms. The molecule has 3 unspecified atom stereocenters. The summed E-state index contributed by atoms with van der Waals surface area (Å²) in [5.41, 5.74) is 0. The van der Waals surface area contributed by atoms with E-state index in [9.17, 15) is 4.79 Å². The maximum Gasteiger partial charge on any atom is 0.224 e. The summed E-state index contributed by atoms with van der Waals surface area (Å²) in [5, 5.41) is 3.47. The molecular formula is C10H18N2O. The van der Waals surface area contributed by atoms with Crippen LogP contribution in [0.25, 0.3) is 0 Å². The van der Waals surface area contributed by atoms with Gasteiger partial charge < -0.3 is 10.2 Å². The first-order chi connectivity index (χ1) is 6.16. The van der Waals surface area contributed by atoms with Crippen LogP contribution < -0.4 is 5.32 Å². The summed E-state index contributed by atoms with van der Waals surface area (Å²) in [6.07, 6.45) is 2.06. The molecule has 1 heterocycles. The third-order valence-corrected chi connectivity index (χ3v) is 3.29. The summed E-state index contributed by atoms with van der Waals surface area (Å²) in [4.78, 5) is 13.0. The van der Waals surface area contributed by atoms with E-state index in [0.717, 1.165) is 24.9 Å². The fourth-order valence-electron chi connectivity index (χ4n) is 2.00. The van der Waals surface area contributed by atoms with Gasteiger partial charge in [-0.05, 0) is 24.8 Å². The van der Waals surface area contributed by atoms with E-state index in [1.165, 1.54) is 6.42 Å². The molecule has 1 aliphatic carbocycles. The molecule has 3 atom stereocenters. The average Bonchev–Trinajstić information content (AvgIpc) is 2.68. The number of hydrogen-bond donors (Lipinski definition) is 1. The van der Waals surface area contributed by atoms with Crippen molar-refractivity contribution in [3.05, 3.63) is 0 Å². The predicted molar refractivity (Wildman–Crippen MR) is 51.3 cm³/mol. The summed E-state index contributed by atoms with van der Waals surface area (Å²) >= 11 is 0. The first-order valence-corrected chi connectivity index (χ1v) is 5.14. The fourth-order valence-corrected chi connectivity index (χ4v) is 2.00. The van der Waals surface area contributed by atoms with Gasteiger partial charge in [0.15, 0.2) is 0 Å². The van der Waals surface area contributed by atoms with E-state index in [1.54, 1.807) is 0 Å². The van der Waals surface area contributed by atoms with Crippen LogP contribution in [-0.2, 0) is 4.79 Å². The van der Waals surface area contributed by atoms with Gasteiger partial charge in [0.2, 0.25) is 5.91 Å². The van der Waals surface area contributed by atoms with Crippen LogP contribution in [0.3, 0.4) is 0 Å². The van der Waals surface area contributed by atoms with Gasteiger partial charge in [-0.3, -0.25) is 4.79 Å². The highest BCUT2D eigenvalue weighted by Gasteiger charge is 2.34. The highest BCUT2D eigenvalue weighted by molar-refractivity contribution is 5.78. The Morgan fingerprint density at radius 3 is 2.77 bits per heavy atom. The van der Waals surface area contributed by atoms with Gasteiger partial charge in [0.25, 0.3) is 0 Å². The van der Waals surface area contributed by atoms with Gasteiger partial charge in [-0.25, -0.2) is 0 Å². The third kappa shape index (κ3) is 2.02. The Morgan fingerprint density at radius 1 is 1.62 bits per heavy atom. The van der Waals surface area contributed by atoms with Crippen molar-refractivity contribution < 1.29 is 4.79 Å². The van der Waals surface area contributed by atoms with E-state index in [4.69, 9.17) is 0 Å². The van der Waals surface area contributed by atoms with E-state index in [2.05, 4.69) is 12.2 Å². The Labute approximate surface area is 79.5 Å². The summed E-state index contributed by atoms with van der Waals surface area (Å²) in [7, 11) is 1.88. The van der Waals surface area contributed by atoms with Gasteiger partial charge >= 0.3 is 0 Å². The maximum absolute atomic E-state index is 11.2. The van der Waals surface area contributed by atoms with E-state index in [1.807, 2.05) is 11.9 Å². The van der Waals surface area contributed by atoms with E-state index >= 15 is 0 Å². The topological polar surface area (TPSA) is 32.3 Å². The second kappa shape index (κ2) is 3.29. The van der Waals surface area contributed by atoms with Crippen LogP contribution in [0, 0.1) is 11.8 Å². The van der Waals surface area contributed by atoms with Crippen molar-refractivity contribution in [2.75, 3.05) is 20.1 Å². The van der Waals surface area contributed by atoms with E-state index in [0.29, 0.717) is 12.5 Å². The molecule has 0 spiro atoms. The molecule has 13 heavy (non-hydrogen) atoms. The molecule has 1 saturated heterocycles.